The summed E-state index contributed by atoms with van der Waals surface area (Å²) >= 11 is 0. The molecule has 3 heteroatoms. The maximum absolute atomic E-state index is 14.8. The highest BCUT2D eigenvalue weighted by Crippen LogP contribution is 2.32. The highest BCUT2D eigenvalue weighted by molar-refractivity contribution is 5.82. The van der Waals surface area contributed by atoms with Crippen molar-refractivity contribution in [2.45, 2.75) is 0 Å². The van der Waals surface area contributed by atoms with Crippen LogP contribution >= 0.6 is 0 Å². The van der Waals surface area contributed by atoms with Gasteiger partial charge in [-0.15, -0.1) is 0 Å². The van der Waals surface area contributed by atoms with Crippen LogP contribution in [0, 0.1) is 11.6 Å². The van der Waals surface area contributed by atoms with Crippen LogP contribution in [0.15, 0.2) is 103 Å². The molecule has 0 aliphatic rings. The topological polar surface area (TPSA) is 3.88 Å². The van der Waals surface area contributed by atoms with Gasteiger partial charge in [-0.1, -0.05) is 66.7 Å². The van der Waals surface area contributed by atoms with E-state index in [1.54, 1.807) is 6.07 Å². The Labute approximate surface area is 179 Å². The predicted octanol–water partition coefficient (Wildman–Crippen LogP) is 6.94. The molecule has 150 valence electrons. The second kappa shape index (κ2) is 7.77. The Balaban J connectivity index is 1.60. The quantitative estimate of drug-likeness (QED) is 0.285. The number of aryl methyl sites for hydroxylation is 1. The molecular weight excluding hydrogens is 388 g/mol. The summed E-state index contributed by atoms with van der Waals surface area (Å²) in [6, 6.07) is 30.5. The molecule has 0 bridgehead atoms. The molecule has 0 fully saturated rings. The van der Waals surface area contributed by atoms with E-state index < -0.39 is 11.6 Å². The Morgan fingerprint density at radius 3 is 2.00 bits per heavy atom. The third-order valence-electron chi connectivity index (χ3n) is 5.63. The summed E-state index contributed by atoms with van der Waals surface area (Å²) in [7, 11) is 1.95. The fraction of sp³-hybridized carbons (Fsp3) is 0.0357. The summed E-state index contributed by atoms with van der Waals surface area (Å²) in [5.74, 6) is -1.68. The van der Waals surface area contributed by atoms with E-state index in [1.165, 1.54) is 6.07 Å². The van der Waals surface area contributed by atoms with Crippen molar-refractivity contribution < 1.29 is 13.3 Å². The second-order valence-corrected chi connectivity index (χ2v) is 7.66. The number of benzene rings is 4. The molecule has 31 heavy (non-hydrogen) atoms. The molecule has 5 aromatic rings. The molecule has 0 radical (unpaired) electrons. The monoisotopic (exact) mass is 408 g/mol. The van der Waals surface area contributed by atoms with Gasteiger partial charge in [0.1, 0.15) is 7.05 Å². The first-order valence-electron chi connectivity index (χ1n) is 10.1. The van der Waals surface area contributed by atoms with Crippen LogP contribution in [0.25, 0.3) is 44.3 Å². The maximum Gasteiger partial charge on any atom is 0.212 e. The molecule has 0 atom stereocenters. The molecule has 1 aromatic heterocycles. The number of pyridine rings is 1. The Morgan fingerprint density at radius 1 is 0.581 bits per heavy atom. The molecule has 0 aliphatic heterocycles. The van der Waals surface area contributed by atoms with Crippen molar-refractivity contribution >= 4 is 10.9 Å². The third kappa shape index (κ3) is 3.59. The molecule has 0 spiro atoms. The molecule has 0 aliphatic carbocycles. The van der Waals surface area contributed by atoms with Crippen LogP contribution in [0.2, 0.25) is 0 Å². The van der Waals surface area contributed by atoms with Crippen molar-refractivity contribution in [3.05, 3.63) is 115 Å². The summed E-state index contributed by atoms with van der Waals surface area (Å²) in [6.07, 6.45) is 1.94. The van der Waals surface area contributed by atoms with Crippen molar-refractivity contribution in [1.82, 2.24) is 0 Å². The first-order valence-corrected chi connectivity index (χ1v) is 10.1. The first-order chi connectivity index (χ1) is 15.1. The van der Waals surface area contributed by atoms with Gasteiger partial charge in [-0.05, 0) is 46.5 Å². The molecule has 0 saturated heterocycles. The molecule has 0 unspecified atom stereocenters. The number of rotatable bonds is 3. The number of para-hydroxylation sites is 1. The molecular formula is C28H20F2N+. The molecule has 1 nitrogen and oxygen atoms in total. The largest absolute Gasteiger partial charge is 0.212 e. The Kier molecular flexibility index (Phi) is 4.79. The minimum absolute atomic E-state index is 0.255. The van der Waals surface area contributed by atoms with Crippen molar-refractivity contribution in [2.75, 3.05) is 0 Å². The average molecular weight is 408 g/mol. The van der Waals surface area contributed by atoms with Crippen LogP contribution in [0.5, 0.6) is 0 Å². The van der Waals surface area contributed by atoms with Gasteiger partial charge in [0.05, 0.1) is 0 Å². The zero-order valence-corrected chi connectivity index (χ0v) is 17.0. The molecule has 0 saturated carbocycles. The third-order valence-corrected chi connectivity index (χ3v) is 5.63. The lowest BCUT2D eigenvalue weighted by molar-refractivity contribution is -0.644. The summed E-state index contributed by atoms with van der Waals surface area (Å²) in [5.41, 5.74) is 5.56. The van der Waals surface area contributed by atoms with Crippen LogP contribution in [-0.2, 0) is 7.05 Å². The van der Waals surface area contributed by atoms with E-state index >= 15 is 0 Å². The normalized spacial score (nSPS) is 11.1. The Morgan fingerprint density at radius 2 is 1.23 bits per heavy atom. The van der Waals surface area contributed by atoms with E-state index in [4.69, 9.17) is 0 Å². The standard InChI is InChI=1S/C28H20F2N/c1-31-18-24(15-22-9-5-6-10-27(22)31)23-16-25(28(30)26(29)17-23)21-13-11-20(12-14-21)19-7-3-2-4-8-19/h2-18H,1H3/q+1. The van der Waals surface area contributed by atoms with Gasteiger partial charge < -0.3 is 0 Å². The SMILES string of the molecule is C[n+]1cc(-c2cc(F)c(F)c(-c3ccc(-c4ccccc4)cc3)c2)cc2ccccc21. The smallest absolute Gasteiger partial charge is 0.204 e. The fourth-order valence-corrected chi connectivity index (χ4v) is 4.01. The summed E-state index contributed by atoms with van der Waals surface area (Å²) in [5, 5.41) is 1.04. The van der Waals surface area contributed by atoms with Gasteiger partial charge in [-0.25, -0.2) is 13.3 Å². The second-order valence-electron chi connectivity index (χ2n) is 7.66. The van der Waals surface area contributed by atoms with Crippen molar-refractivity contribution in [3.8, 4) is 33.4 Å². The lowest BCUT2D eigenvalue weighted by Crippen LogP contribution is -2.28. The van der Waals surface area contributed by atoms with Crippen molar-refractivity contribution in [2.24, 2.45) is 7.05 Å². The Bertz CT molecular complexity index is 1390. The van der Waals surface area contributed by atoms with Gasteiger partial charge in [-0.3, -0.25) is 0 Å². The maximum atomic E-state index is 14.8. The van der Waals surface area contributed by atoms with Gasteiger partial charge in [0.2, 0.25) is 5.52 Å². The van der Waals surface area contributed by atoms with Gasteiger partial charge in [-0.2, -0.15) is 0 Å². The Hall–Kier alpha value is -3.85. The summed E-state index contributed by atoms with van der Waals surface area (Å²) < 4.78 is 31.3. The van der Waals surface area contributed by atoms with Crippen LogP contribution in [0.1, 0.15) is 0 Å². The predicted molar refractivity (Wildman–Crippen MR) is 121 cm³/mol. The van der Waals surface area contributed by atoms with Gasteiger partial charge in [0.25, 0.3) is 0 Å². The number of nitrogens with zero attached hydrogens (tertiary/aromatic N) is 1. The lowest BCUT2D eigenvalue weighted by Gasteiger charge is -2.10. The van der Waals surface area contributed by atoms with Crippen LogP contribution in [-0.4, -0.2) is 0 Å². The molecule has 5 rings (SSSR count). The average Bonchev–Trinajstić information content (AvgIpc) is 2.81. The number of fused-ring (bicyclic) bond motifs is 1. The molecule has 1 heterocycles. The first kappa shape index (κ1) is 19.1. The van der Waals surface area contributed by atoms with Crippen LogP contribution < -0.4 is 4.57 Å². The minimum atomic E-state index is -0.851. The van der Waals surface area contributed by atoms with E-state index in [9.17, 15) is 8.78 Å². The highest BCUT2D eigenvalue weighted by Gasteiger charge is 2.16. The van der Waals surface area contributed by atoms with Gasteiger partial charge >= 0.3 is 0 Å². The van der Waals surface area contributed by atoms with Gasteiger partial charge in [0.15, 0.2) is 17.8 Å². The lowest BCUT2D eigenvalue weighted by atomic mass is 9.96. The van der Waals surface area contributed by atoms with E-state index in [-0.39, 0.29) is 5.56 Å². The zero-order valence-electron chi connectivity index (χ0n) is 17.0. The molecule has 0 amide bonds. The van der Waals surface area contributed by atoms with Crippen molar-refractivity contribution in [3.63, 3.8) is 0 Å². The van der Waals surface area contributed by atoms with Crippen LogP contribution in [0.3, 0.4) is 0 Å². The van der Waals surface area contributed by atoms with E-state index in [0.717, 1.165) is 27.6 Å². The summed E-state index contributed by atoms with van der Waals surface area (Å²) in [6.45, 7) is 0. The zero-order chi connectivity index (χ0) is 21.4. The molecule has 4 aromatic carbocycles. The summed E-state index contributed by atoms with van der Waals surface area (Å²) in [4.78, 5) is 0. The highest BCUT2D eigenvalue weighted by atomic mass is 19.2. The van der Waals surface area contributed by atoms with E-state index in [2.05, 4.69) is 0 Å². The number of hydrogen-bond acceptors (Lipinski definition) is 0. The number of hydrogen-bond donors (Lipinski definition) is 0. The molecule has 0 N–H and O–H groups in total. The number of aromatic nitrogens is 1. The van der Waals surface area contributed by atoms with Gasteiger partial charge in [0, 0.05) is 22.6 Å². The fourth-order valence-electron chi connectivity index (χ4n) is 4.01. The van der Waals surface area contributed by atoms with Crippen molar-refractivity contribution in [1.29, 1.82) is 0 Å². The van der Waals surface area contributed by atoms with E-state index in [1.807, 2.05) is 103 Å². The van der Waals surface area contributed by atoms with Crippen LogP contribution in [0.4, 0.5) is 8.78 Å². The minimum Gasteiger partial charge on any atom is -0.204 e. The van der Waals surface area contributed by atoms with E-state index in [0.29, 0.717) is 11.1 Å². The number of halogens is 2.